The molecule has 3 heterocycles. The molecule has 0 radical (unpaired) electrons. The van der Waals surface area contributed by atoms with Gasteiger partial charge in [-0.05, 0) is 82.3 Å². The van der Waals surface area contributed by atoms with E-state index in [-0.39, 0.29) is 5.91 Å². The maximum atomic E-state index is 13.5. The normalized spacial score (nSPS) is 22.7. The zero-order valence-electron chi connectivity index (χ0n) is 16.9. The number of fused-ring (bicyclic) bond motifs is 1. The first-order chi connectivity index (χ1) is 14.2. The molecule has 5 rings (SSSR count). The Morgan fingerprint density at radius 1 is 0.966 bits per heavy atom. The van der Waals surface area contributed by atoms with E-state index in [1.54, 1.807) is 0 Å². The van der Waals surface area contributed by atoms with Crippen molar-refractivity contribution in [3.63, 3.8) is 0 Å². The molecular weight excluding hydrogens is 384 g/mol. The van der Waals surface area contributed by atoms with Crippen LogP contribution in [0.1, 0.15) is 60.3 Å². The van der Waals surface area contributed by atoms with Crippen LogP contribution in [0.4, 0.5) is 0 Å². The van der Waals surface area contributed by atoms with Crippen molar-refractivity contribution in [2.75, 3.05) is 26.2 Å². The molecule has 6 heteroatoms. The van der Waals surface area contributed by atoms with Crippen LogP contribution in [0.3, 0.4) is 0 Å². The summed E-state index contributed by atoms with van der Waals surface area (Å²) in [6, 6.07) is 8.30. The molecule has 1 aromatic carbocycles. The number of amides is 1. The van der Waals surface area contributed by atoms with Gasteiger partial charge in [0.1, 0.15) is 0 Å². The lowest BCUT2D eigenvalue weighted by atomic mass is 10.1. The molecule has 2 fully saturated rings. The quantitative estimate of drug-likeness (QED) is 0.712. The van der Waals surface area contributed by atoms with Gasteiger partial charge in [0.05, 0.1) is 5.69 Å². The molecule has 0 spiro atoms. The monoisotopic (exact) mass is 412 g/mol. The molecule has 0 N–H and O–H groups in total. The number of hydrogen-bond donors (Lipinski definition) is 0. The molecule has 2 aromatic rings. The maximum Gasteiger partial charge on any atom is 0.274 e. The Bertz CT molecular complexity index is 885. The van der Waals surface area contributed by atoms with Crippen molar-refractivity contribution in [2.45, 2.75) is 57.4 Å². The number of carbonyl (C=O) groups excluding carboxylic acids is 1. The first kappa shape index (κ1) is 19.1. The van der Waals surface area contributed by atoms with Crippen molar-refractivity contribution in [3.05, 3.63) is 46.2 Å². The Balaban J connectivity index is 1.45. The minimum absolute atomic E-state index is 0.123. The summed E-state index contributed by atoms with van der Waals surface area (Å²) in [5, 5.41) is 5.59. The first-order valence-corrected chi connectivity index (χ1v) is 11.5. The molecule has 1 atom stereocenters. The van der Waals surface area contributed by atoms with Crippen LogP contribution in [0.15, 0.2) is 24.3 Å². The lowest BCUT2D eigenvalue weighted by Gasteiger charge is -2.23. The maximum absolute atomic E-state index is 13.5. The van der Waals surface area contributed by atoms with Gasteiger partial charge >= 0.3 is 0 Å². The van der Waals surface area contributed by atoms with Crippen LogP contribution in [0.25, 0.3) is 5.69 Å². The van der Waals surface area contributed by atoms with Gasteiger partial charge in [0.15, 0.2) is 5.69 Å². The third kappa shape index (κ3) is 3.71. The van der Waals surface area contributed by atoms with Gasteiger partial charge in [0, 0.05) is 35.4 Å². The van der Waals surface area contributed by atoms with Gasteiger partial charge in [0.25, 0.3) is 5.91 Å². The number of rotatable bonds is 3. The first-order valence-electron chi connectivity index (χ1n) is 11.1. The van der Waals surface area contributed by atoms with Gasteiger partial charge in [-0.25, -0.2) is 4.68 Å². The van der Waals surface area contributed by atoms with Crippen molar-refractivity contribution in [2.24, 2.45) is 0 Å². The van der Waals surface area contributed by atoms with Crippen LogP contribution in [0.5, 0.6) is 0 Å². The second kappa shape index (κ2) is 8.11. The molecule has 1 amide bonds. The van der Waals surface area contributed by atoms with E-state index in [0.717, 1.165) is 50.9 Å². The zero-order chi connectivity index (χ0) is 19.8. The largest absolute Gasteiger partial charge is 0.336 e. The molecular formula is C23H29ClN4O. The molecule has 2 saturated heterocycles. The van der Waals surface area contributed by atoms with E-state index in [0.29, 0.717) is 16.8 Å². The van der Waals surface area contributed by atoms with E-state index in [1.165, 1.54) is 43.6 Å². The molecule has 29 heavy (non-hydrogen) atoms. The summed E-state index contributed by atoms with van der Waals surface area (Å²) in [5.74, 6) is 0.123. The zero-order valence-corrected chi connectivity index (χ0v) is 17.7. The van der Waals surface area contributed by atoms with Crippen LogP contribution in [0, 0.1) is 0 Å². The minimum atomic E-state index is 0.123. The van der Waals surface area contributed by atoms with Gasteiger partial charge < -0.3 is 4.90 Å². The number of hydrogen-bond acceptors (Lipinski definition) is 3. The van der Waals surface area contributed by atoms with E-state index in [2.05, 4.69) is 4.90 Å². The van der Waals surface area contributed by atoms with Crippen molar-refractivity contribution in [3.8, 4) is 5.69 Å². The second-order valence-electron chi connectivity index (χ2n) is 8.66. The van der Waals surface area contributed by atoms with Gasteiger partial charge in [-0.3, -0.25) is 9.69 Å². The molecule has 3 aliphatic rings. The Kier molecular flexibility index (Phi) is 5.35. The third-order valence-corrected chi connectivity index (χ3v) is 7.06. The van der Waals surface area contributed by atoms with Crippen LogP contribution >= 0.6 is 11.6 Å². The number of halogens is 1. The minimum Gasteiger partial charge on any atom is -0.336 e. The summed E-state index contributed by atoms with van der Waals surface area (Å²) in [6.45, 7) is 4.07. The highest BCUT2D eigenvalue weighted by atomic mass is 35.5. The summed E-state index contributed by atoms with van der Waals surface area (Å²) in [7, 11) is 0. The number of benzene rings is 1. The van der Waals surface area contributed by atoms with Crippen LogP contribution in [-0.4, -0.2) is 57.7 Å². The van der Waals surface area contributed by atoms with Gasteiger partial charge in [-0.2, -0.15) is 5.10 Å². The Labute approximate surface area is 177 Å². The van der Waals surface area contributed by atoms with Gasteiger partial charge in [0.2, 0.25) is 0 Å². The van der Waals surface area contributed by atoms with Crippen LogP contribution in [0.2, 0.25) is 5.02 Å². The summed E-state index contributed by atoms with van der Waals surface area (Å²) < 4.78 is 2.00. The van der Waals surface area contributed by atoms with Gasteiger partial charge in [-0.15, -0.1) is 0 Å². The highest BCUT2D eigenvalue weighted by Crippen LogP contribution is 2.29. The Morgan fingerprint density at radius 2 is 1.72 bits per heavy atom. The Hall–Kier alpha value is -1.85. The molecule has 5 nitrogen and oxygen atoms in total. The Morgan fingerprint density at radius 3 is 2.52 bits per heavy atom. The lowest BCUT2D eigenvalue weighted by molar-refractivity contribution is 0.0772. The number of nitrogens with zero attached hydrogens (tertiary/aromatic N) is 4. The number of carbonyl (C=O) groups is 1. The summed E-state index contributed by atoms with van der Waals surface area (Å²) >= 11 is 6.08. The third-order valence-electron chi connectivity index (χ3n) is 6.81. The van der Waals surface area contributed by atoms with Crippen molar-refractivity contribution >= 4 is 17.5 Å². The molecule has 1 unspecified atom stereocenters. The smallest absolute Gasteiger partial charge is 0.274 e. The average Bonchev–Trinajstić information content (AvgIpc) is 3.45. The van der Waals surface area contributed by atoms with E-state index in [9.17, 15) is 4.79 Å². The number of aromatic nitrogens is 2. The molecule has 1 aromatic heterocycles. The van der Waals surface area contributed by atoms with Crippen molar-refractivity contribution in [1.29, 1.82) is 0 Å². The second-order valence-corrected chi connectivity index (χ2v) is 9.10. The highest BCUT2D eigenvalue weighted by molar-refractivity contribution is 6.30. The SMILES string of the molecule is O=C(c1nn(-c2ccc(Cl)cc2)c2c1CCCCC2)N1CCC(N2CCCC2)C1. The molecule has 0 bridgehead atoms. The topological polar surface area (TPSA) is 41.4 Å². The fraction of sp³-hybridized carbons (Fsp3) is 0.565. The molecule has 154 valence electrons. The van der Waals surface area contributed by atoms with E-state index in [4.69, 9.17) is 16.7 Å². The summed E-state index contributed by atoms with van der Waals surface area (Å²) in [4.78, 5) is 18.1. The molecule has 1 aliphatic carbocycles. The fourth-order valence-electron chi connectivity index (χ4n) is 5.22. The standard InChI is InChI=1S/C23H29ClN4O/c24-17-8-10-18(11-9-17)28-21-7-3-1-2-6-20(21)22(25-28)23(29)27-15-12-19(16-27)26-13-4-5-14-26/h8-11,19H,1-7,12-16H2. The van der Waals surface area contributed by atoms with Gasteiger partial charge in [-0.1, -0.05) is 18.0 Å². The molecule has 2 aliphatic heterocycles. The summed E-state index contributed by atoms with van der Waals surface area (Å²) in [6.07, 6.45) is 9.11. The average molecular weight is 413 g/mol. The number of likely N-dealkylation sites (tertiary alicyclic amines) is 2. The molecule has 0 saturated carbocycles. The van der Waals surface area contributed by atoms with Crippen LogP contribution < -0.4 is 0 Å². The highest BCUT2D eigenvalue weighted by Gasteiger charge is 2.34. The van der Waals surface area contributed by atoms with Crippen molar-refractivity contribution < 1.29 is 4.79 Å². The lowest BCUT2D eigenvalue weighted by Crippen LogP contribution is -2.37. The fourth-order valence-corrected chi connectivity index (χ4v) is 5.35. The summed E-state index contributed by atoms with van der Waals surface area (Å²) in [5.41, 5.74) is 4.05. The van der Waals surface area contributed by atoms with Crippen molar-refractivity contribution in [1.82, 2.24) is 19.6 Å². The van der Waals surface area contributed by atoms with E-state index >= 15 is 0 Å². The predicted molar refractivity (Wildman–Crippen MR) is 115 cm³/mol. The van der Waals surface area contributed by atoms with E-state index in [1.807, 2.05) is 33.8 Å². The predicted octanol–water partition coefficient (Wildman–Crippen LogP) is 4.10. The van der Waals surface area contributed by atoms with Crippen LogP contribution in [-0.2, 0) is 12.8 Å². The van der Waals surface area contributed by atoms with E-state index < -0.39 is 0 Å².